The number of sulfonamides is 1. The molecule has 0 spiro atoms. The van der Waals surface area contributed by atoms with Gasteiger partial charge >= 0.3 is 0 Å². The highest BCUT2D eigenvalue weighted by Gasteiger charge is 2.22. The minimum Gasteiger partial charge on any atom is -0.497 e. The Hall–Kier alpha value is -2.58. The maximum atomic E-state index is 12.4. The molecule has 0 aliphatic heterocycles. The number of rotatable bonds is 7. The van der Waals surface area contributed by atoms with Crippen LogP contribution in [0.15, 0.2) is 53.4 Å². The molecular formula is C17H20N2O5S. The number of nitrogens with one attached hydrogen (secondary N) is 2. The second-order valence-corrected chi connectivity index (χ2v) is 6.92. The van der Waals surface area contributed by atoms with Gasteiger partial charge in [0.1, 0.15) is 11.5 Å². The Kier molecular flexibility index (Phi) is 6.00. The molecule has 2 N–H and O–H groups in total. The maximum Gasteiger partial charge on any atom is 0.242 e. The van der Waals surface area contributed by atoms with Gasteiger partial charge in [-0.05, 0) is 43.3 Å². The van der Waals surface area contributed by atoms with E-state index in [0.717, 1.165) is 0 Å². The van der Waals surface area contributed by atoms with Crippen LogP contribution >= 0.6 is 0 Å². The van der Waals surface area contributed by atoms with Gasteiger partial charge in [-0.1, -0.05) is 12.1 Å². The molecule has 2 rings (SSSR count). The van der Waals surface area contributed by atoms with E-state index in [1.165, 1.54) is 45.4 Å². The van der Waals surface area contributed by atoms with Crippen molar-refractivity contribution in [3.8, 4) is 11.5 Å². The lowest BCUT2D eigenvalue weighted by Gasteiger charge is -2.16. The molecule has 0 bridgehead atoms. The SMILES string of the molecule is COc1ccc(S(=O)(=O)NC(C)C(=O)Nc2ccccc2OC)cc1. The summed E-state index contributed by atoms with van der Waals surface area (Å²) in [7, 11) is -0.856. The fourth-order valence-corrected chi connectivity index (χ4v) is 3.30. The van der Waals surface area contributed by atoms with E-state index >= 15 is 0 Å². The number of amides is 1. The number of carbonyl (C=O) groups excluding carboxylic acids is 1. The summed E-state index contributed by atoms with van der Waals surface area (Å²) >= 11 is 0. The van der Waals surface area contributed by atoms with Gasteiger partial charge in [0, 0.05) is 0 Å². The molecular weight excluding hydrogens is 344 g/mol. The second kappa shape index (κ2) is 8.00. The lowest BCUT2D eigenvalue weighted by molar-refractivity contribution is -0.117. The number of hydrogen-bond donors (Lipinski definition) is 2. The second-order valence-electron chi connectivity index (χ2n) is 5.21. The highest BCUT2D eigenvalue weighted by atomic mass is 32.2. The van der Waals surface area contributed by atoms with Gasteiger partial charge in [0.25, 0.3) is 0 Å². The third kappa shape index (κ3) is 4.71. The number of ether oxygens (including phenoxy) is 2. The molecule has 0 heterocycles. The van der Waals surface area contributed by atoms with E-state index in [-0.39, 0.29) is 4.90 Å². The van der Waals surface area contributed by atoms with Crippen molar-refractivity contribution in [1.29, 1.82) is 0 Å². The van der Waals surface area contributed by atoms with Crippen LogP contribution < -0.4 is 19.5 Å². The molecule has 1 unspecified atom stereocenters. The molecule has 25 heavy (non-hydrogen) atoms. The Bertz CT molecular complexity index is 834. The van der Waals surface area contributed by atoms with Crippen LogP contribution in [-0.2, 0) is 14.8 Å². The van der Waals surface area contributed by atoms with Crippen LogP contribution in [0.4, 0.5) is 5.69 Å². The third-order valence-corrected chi connectivity index (χ3v) is 5.02. The van der Waals surface area contributed by atoms with E-state index in [1.807, 2.05) is 0 Å². The molecule has 1 atom stereocenters. The summed E-state index contributed by atoms with van der Waals surface area (Å²) < 4.78 is 37.2. The van der Waals surface area contributed by atoms with Crippen molar-refractivity contribution in [1.82, 2.24) is 4.72 Å². The van der Waals surface area contributed by atoms with E-state index in [9.17, 15) is 13.2 Å². The molecule has 0 aliphatic rings. The van der Waals surface area contributed by atoms with Crippen molar-refractivity contribution in [2.45, 2.75) is 17.9 Å². The summed E-state index contributed by atoms with van der Waals surface area (Å²) in [5.74, 6) is 0.531. The molecule has 2 aromatic carbocycles. The van der Waals surface area contributed by atoms with Crippen LogP contribution in [-0.4, -0.2) is 34.6 Å². The van der Waals surface area contributed by atoms with Crippen LogP contribution in [0.1, 0.15) is 6.92 Å². The predicted octanol–water partition coefficient (Wildman–Crippen LogP) is 2.01. The van der Waals surface area contributed by atoms with E-state index in [0.29, 0.717) is 17.2 Å². The largest absolute Gasteiger partial charge is 0.497 e. The Balaban J connectivity index is 2.08. The maximum absolute atomic E-state index is 12.4. The van der Waals surface area contributed by atoms with Gasteiger partial charge in [-0.3, -0.25) is 4.79 Å². The topological polar surface area (TPSA) is 93.7 Å². The molecule has 0 aromatic heterocycles. The fourth-order valence-electron chi connectivity index (χ4n) is 2.10. The zero-order valence-electron chi connectivity index (χ0n) is 14.1. The summed E-state index contributed by atoms with van der Waals surface area (Å²) in [6.07, 6.45) is 0. The van der Waals surface area contributed by atoms with Crippen LogP contribution in [0.5, 0.6) is 11.5 Å². The molecule has 0 saturated heterocycles. The van der Waals surface area contributed by atoms with E-state index in [4.69, 9.17) is 9.47 Å². The quantitative estimate of drug-likeness (QED) is 0.784. The summed E-state index contributed by atoms with van der Waals surface area (Å²) in [6.45, 7) is 1.46. The van der Waals surface area contributed by atoms with E-state index in [2.05, 4.69) is 10.0 Å². The van der Waals surface area contributed by atoms with Crippen molar-refractivity contribution in [3.05, 3.63) is 48.5 Å². The Morgan fingerprint density at radius 1 is 1.00 bits per heavy atom. The summed E-state index contributed by atoms with van der Waals surface area (Å²) in [4.78, 5) is 12.3. The first kappa shape index (κ1) is 18.8. The molecule has 0 saturated carbocycles. The van der Waals surface area contributed by atoms with Crippen LogP contribution in [0.3, 0.4) is 0 Å². The molecule has 1 amide bonds. The first-order valence-corrected chi connectivity index (χ1v) is 8.96. The number of benzene rings is 2. The van der Waals surface area contributed by atoms with Crippen molar-refractivity contribution in [3.63, 3.8) is 0 Å². The first-order chi connectivity index (χ1) is 11.9. The lowest BCUT2D eigenvalue weighted by Crippen LogP contribution is -2.41. The van der Waals surface area contributed by atoms with E-state index in [1.54, 1.807) is 24.3 Å². The third-order valence-electron chi connectivity index (χ3n) is 3.46. The van der Waals surface area contributed by atoms with Crippen LogP contribution in [0, 0.1) is 0 Å². The average Bonchev–Trinajstić information content (AvgIpc) is 2.61. The number of methoxy groups -OCH3 is 2. The van der Waals surface area contributed by atoms with Crippen molar-refractivity contribution in [2.75, 3.05) is 19.5 Å². The smallest absolute Gasteiger partial charge is 0.242 e. The summed E-state index contributed by atoms with van der Waals surface area (Å²) in [5, 5.41) is 2.64. The molecule has 134 valence electrons. The number of hydrogen-bond acceptors (Lipinski definition) is 5. The highest BCUT2D eigenvalue weighted by Crippen LogP contribution is 2.23. The van der Waals surface area contributed by atoms with Gasteiger partial charge in [0.15, 0.2) is 0 Å². The van der Waals surface area contributed by atoms with Crippen molar-refractivity contribution >= 4 is 21.6 Å². The van der Waals surface area contributed by atoms with Crippen LogP contribution in [0.2, 0.25) is 0 Å². The molecule has 0 radical (unpaired) electrons. The Labute approximate surface area is 147 Å². The van der Waals surface area contributed by atoms with Gasteiger partial charge in [-0.25, -0.2) is 8.42 Å². The standard InChI is InChI=1S/C17H20N2O5S/c1-12(17(20)18-15-6-4-5-7-16(15)24-3)19-25(21,22)14-10-8-13(23-2)9-11-14/h4-12,19H,1-3H3,(H,18,20). The minimum absolute atomic E-state index is 0.0465. The van der Waals surface area contributed by atoms with Gasteiger partial charge in [0.2, 0.25) is 15.9 Å². The molecule has 0 aliphatic carbocycles. The molecule has 2 aromatic rings. The minimum atomic E-state index is -3.84. The lowest BCUT2D eigenvalue weighted by atomic mass is 10.2. The summed E-state index contributed by atoms with van der Waals surface area (Å²) in [5.41, 5.74) is 0.463. The Morgan fingerprint density at radius 2 is 1.64 bits per heavy atom. The van der Waals surface area contributed by atoms with Crippen molar-refractivity contribution < 1.29 is 22.7 Å². The zero-order valence-corrected chi connectivity index (χ0v) is 15.0. The molecule has 8 heteroatoms. The molecule has 7 nitrogen and oxygen atoms in total. The van der Waals surface area contributed by atoms with Gasteiger partial charge in [-0.15, -0.1) is 0 Å². The van der Waals surface area contributed by atoms with Crippen LogP contribution in [0.25, 0.3) is 0 Å². The van der Waals surface area contributed by atoms with Gasteiger partial charge in [-0.2, -0.15) is 4.72 Å². The molecule has 0 fully saturated rings. The number of carbonyl (C=O) groups is 1. The summed E-state index contributed by atoms with van der Waals surface area (Å²) in [6, 6.07) is 11.8. The predicted molar refractivity (Wildman–Crippen MR) is 94.4 cm³/mol. The van der Waals surface area contributed by atoms with Gasteiger partial charge in [0.05, 0.1) is 30.8 Å². The van der Waals surface area contributed by atoms with Gasteiger partial charge < -0.3 is 14.8 Å². The number of para-hydroxylation sites is 2. The normalized spacial score (nSPS) is 12.3. The number of anilines is 1. The van der Waals surface area contributed by atoms with Crippen molar-refractivity contribution in [2.24, 2.45) is 0 Å². The zero-order chi connectivity index (χ0) is 18.4. The monoisotopic (exact) mass is 364 g/mol. The Morgan fingerprint density at radius 3 is 2.24 bits per heavy atom. The fraction of sp³-hybridized carbons (Fsp3) is 0.235. The first-order valence-electron chi connectivity index (χ1n) is 7.47. The highest BCUT2D eigenvalue weighted by molar-refractivity contribution is 7.89. The van der Waals surface area contributed by atoms with E-state index < -0.39 is 22.0 Å². The average molecular weight is 364 g/mol.